The first-order valence-electron chi connectivity index (χ1n) is 10.3. The molecule has 3 aromatic rings. The first kappa shape index (κ1) is 21.8. The van der Waals surface area contributed by atoms with Gasteiger partial charge in [0.25, 0.3) is 5.91 Å². The Labute approximate surface area is 191 Å². The van der Waals surface area contributed by atoms with Crippen molar-refractivity contribution in [2.75, 3.05) is 29.7 Å². The first-order valence-corrected chi connectivity index (χ1v) is 11.4. The summed E-state index contributed by atoms with van der Waals surface area (Å²) in [6, 6.07) is 22.1. The maximum atomic E-state index is 12.6. The zero-order valence-electron chi connectivity index (χ0n) is 17.9. The van der Waals surface area contributed by atoms with Gasteiger partial charge in [0.05, 0.1) is 19.5 Å². The number of nitrogens with one attached hydrogen (secondary N) is 1. The Kier molecular flexibility index (Phi) is 6.66. The van der Waals surface area contributed by atoms with Crippen LogP contribution in [0.4, 0.5) is 11.4 Å². The number of methoxy groups -OCH3 is 1. The molecule has 0 spiro atoms. The second-order valence-corrected chi connectivity index (χ2v) is 8.23. The average molecular weight is 449 g/mol. The van der Waals surface area contributed by atoms with Crippen LogP contribution in [0.2, 0.25) is 0 Å². The summed E-state index contributed by atoms with van der Waals surface area (Å²) in [5.41, 5.74) is 3.08. The van der Waals surface area contributed by atoms with Gasteiger partial charge in [0.1, 0.15) is 16.9 Å². The molecule has 0 bridgehead atoms. The molecule has 164 valence electrons. The Hall–Kier alpha value is -3.45. The molecule has 1 fully saturated rings. The van der Waals surface area contributed by atoms with Gasteiger partial charge in [-0.15, -0.1) is 11.8 Å². The third-order valence-corrected chi connectivity index (χ3v) is 6.31. The summed E-state index contributed by atoms with van der Waals surface area (Å²) in [5, 5.41) is 2.78. The molecular weight excluding hydrogens is 424 g/mol. The van der Waals surface area contributed by atoms with E-state index in [4.69, 9.17) is 9.47 Å². The van der Waals surface area contributed by atoms with E-state index >= 15 is 0 Å². The van der Waals surface area contributed by atoms with E-state index in [-0.39, 0.29) is 17.2 Å². The molecule has 0 aromatic heterocycles. The first-order chi connectivity index (χ1) is 15.6. The van der Waals surface area contributed by atoms with Gasteiger partial charge in [-0.25, -0.2) is 0 Å². The minimum Gasteiger partial charge on any atom is -0.497 e. The molecule has 0 saturated carbocycles. The predicted molar refractivity (Wildman–Crippen MR) is 128 cm³/mol. The van der Waals surface area contributed by atoms with Gasteiger partial charge in [-0.3, -0.25) is 14.5 Å². The number of hydrogen-bond acceptors (Lipinski definition) is 5. The van der Waals surface area contributed by atoms with Crippen molar-refractivity contribution in [2.24, 2.45) is 0 Å². The normalized spacial score (nSPS) is 15.5. The molecule has 1 aliphatic heterocycles. The second kappa shape index (κ2) is 9.78. The fraction of sp³-hybridized carbons (Fsp3) is 0.200. The Morgan fingerprint density at radius 2 is 1.66 bits per heavy atom. The van der Waals surface area contributed by atoms with Crippen molar-refractivity contribution in [2.45, 2.75) is 12.3 Å². The number of rotatable bonds is 7. The van der Waals surface area contributed by atoms with Crippen molar-refractivity contribution in [3.8, 4) is 11.5 Å². The molecule has 7 heteroatoms. The molecule has 4 rings (SSSR count). The van der Waals surface area contributed by atoms with Crippen molar-refractivity contribution in [3.63, 3.8) is 0 Å². The summed E-state index contributed by atoms with van der Waals surface area (Å²) in [7, 11) is 1.59. The quantitative estimate of drug-likeness (QED) is 0.543. The van der Waals surface area contributed by atoms with E-state index in [2.05, 4.69) is 5.32 Å². The van der Waals surface area contributed by atoms with E-state index in [1.165, 1.54) is 0 Å². The summed E-state index contributed by atoms with van der Waals surface area (Å²) in [5.74, 6) is 1.78. The van der Waals surface area contributed by atoms with E-state index in [0.717, 1.165) is 17.0 Å². The molecule has 1 atom stereocenters. The lowest BCUT2D eigenvalue weighted by Crippen LogP contribution is -2.27. The van der Waals surface area contributed by atoms with E-state index in [1.54, 1.807) is 43.1 Å². The van der Waals surface area contributed by atoms with Crippen LogP contribution in [0, 0.1) is 0 Å². The van der Waals surface area contributed by atoms with Crippen LogP contribution in [0.5, 0.6) is 11.5 Å². The maximum Gasteiger partial charge on any atom is 0.255 e. The highest BCUT2D eigenvalue weighted by molar-refractivity contribution is 8.00. The second-order valence-electron chi connectivity index (χ2n) is 7.16. The van der Waals surface area contributed by atoms with Gasteiger partial charge in [0.2, 0.25) is 5.91 Å². The topological polar surface area (TPSA) is 67.9 Å². The number of anilines is 2. The molecule has 1 unspecified atom stereocenters. The summed E-state index contributed by atoms with van der Waals surface area (Å²) >= 11 is 1.59. The summed E-state index contributed by atoms with van der Waals surface area (Å²) in [6.07, 6.45) is 0. The molecule has 1 heterocycles. The monoisotopic (exact) mass is 448 g/mol. The molecule has 1 saturated heterocycles. The minimum absolute atomic E-state index is 0.0704. The van der Waals surface area contributed by atoms with Gasteiger partial charge in [-0.2, -0.15) is 0 Å². The number of carbonyl (C=O) groups excluding carboxylic acids is 2. The average Bonchev–Trinajstić information content (AvgIpc) is 3.21. The Bertz CT molecular complexity index is 1080. The highest BCUT2D eigenvalue weighted by Gasteiger charge is 2.34. The zero-order valence-corrected chi connectivity index (χ0v) is 18.7. The molecular formula is C25H24N2O4S. The predicted octanol–water partition coefficient (Wildman–Crippen LogP) is 5.12. The van der Waals surface area contributed by atoms with Crippen LogP contribution in [0.15, 0.2) is 72.8 Å². The third kappa shape index (κ3) is 4.73. The van der Waals surface area contributed by atoms with E-state index < -0.39 is 0 Å². The lowest BCUT2D eigenvalue weighted by atomic mass is 10.1. The van der Waals surface area contributed by atoms with Gasteiger partial charge < -0.3 is 14.8 Å². The van der Waals surface area contributed by atoms with E-state index in [0.29, 0.717) is 29.4 Å². The maximum absolute atomic E-state index is 12.6. The van der Waals surface area contributed by atoms with Crippen molar-refractivity contribution in [1.29, 1.82) is 0 Å². The smallest absolute Gasteiger partial charge is 0.255 e. The molecule has 0 aliphatic carbocycles. The number of ether oxygens (including phenoxy) is 2. The van der Waals surface area contributed by atoms with Crippen LogP contribution < -0.4 is 19.7 Å². The minimum atomic E-state index is -0.193. The number of amides is 2. The Balaban J connectivity index is 1.47. The molecule has 32 heavy (non-hydrogen) atoms. The zero-order chi connectivity index (χ0) is 22.5. The number of thioether (sulfide) groups is 1. The third-order valence-electron chi connectivity index (χ3n) is 5.10. The Morgan fingerprint density at radius 1 is 1.00 bits per heavy atom. The number of carbonyl (C=O) groups is 2. The van der Waals surface area contributed by atoms with Crippen LogP contribution in [0.3, 0.4) is 0 Å². The van der Waals surface area contributed by atoms with E-state index in [1.807, 2.05) is 60.4 Å². The van der Waals surface area contributed by atoms with Crippen LogP contribution in [0.1, 0.15) is 28.2 Å². The van der Waals surface area contributed by atoms with Gasteiger partial charge >= 0.3 is 0 Å². The number of benzene rings is 3. The van der Waals surface area contributed by atoms with Crippen molar-refractivity contribution >= 4 is 35.0 Å². The fourth-order valence-electron chi connectivity index (χ4n) is 3.50. The van der Waals surface area contributed by atoms with Crippen LogP contribution in [-0.4, -0.2) is 31.3 Å². The van der Waals surface area contributed by atoms with Gasteiger partial charge in [0.15, 0.2) is 0 Å². The molecule has 2 amide bonds. The fourth-order valence-corrected chi connectivity index (χ4v) is 4.67. The highest BCUT2D eigenvalue weighted by Crippen LogP contribution is 2.42. The lowest BCUT2D eigenvalue weighted by Gasteiger charge is -2.24. The largest absolute Gasteiger partial charge is 0.497 e. The van der Waals surface area contributed by atoms with Gasteiger partial charge in [0, 0.05) is 16.9 Å². The summed E-state index contributed by atoms with van der Waals surface area (Å²) in [4.78, 5) is 26.9. The van der Waals surface area contributed by atoms with Gasteiger partial charge in [-0.05, 0) is 73.2 Å². The van der Waals surface area contributed by atoms with Gasteiger partial charge in [-0.1, -0.05) is 12.1 Å². The SMILES string of the molecule is CCOc1ccc(N2C(=O)CSC2c2ccc(NC(=O)c3ccc(OC)cc3)cc2)cc1. The standard InChI is InChI=1S/C25H24N2O4S/c1-3-31-22-14-10-20(11-15-22)27-23(28)16-32-25(27)18-4-8-19(9-5-18)26-24(29)17-6-12-21(30-2)13-7-17/h4-15,25H,3,16H2,1-2H3,(H,26,29). The number of hydrogen-bond donors (Lipinski definition) is 1. The van der Waals surface area contributed by atoms with Crippen molar-refractivity contribution in [3.05, 3.63) is 83.9 Å². The van der Waals surface area contributed by atoms with E-state index in [9.17, 15) is 9.59 Å². The summed E-state index contributed by atoms with van der Waals surface area (Å²) in [6.45, 7) is 2.54. The summed E-state index contributed by atoms with van der Waals surface area (Å²) < 4.78 is 10.6. The van der Waals surface area contributed by atoms with Crippen molar-refractivity contribution in [1.82, 2.24) is 0 Å². The molecule has 1 aliphatic rings. The van der Waals surface area contributed by atoms with Crippen LogP contribution >= 0.6 is 11.8 Å². The lowest BCUT2D eigenvalue weighted by molar-refractivity contribution is -0.115. The molecule has 3 aromatic carbocycles. The Morgan fingerprint density at radius 3 is 2.28 bits per heavy atom. The molecule has 0 radical (unpaired) electrons. The number of nitrogens with zero attached hydrogens (tertiary/aromatic N) is 1. The van der Waals surface area contributed by atoms with Crippen LogP contribution in [-0.2, 0) is 4.79 Å². The van der Waals surface area contributed by atoms with Crippen LogP contribution in [0.25, 0.3) is 0 Å². The molecule has 6 nitrogen and oxygen atoms in total. The van der Waals surface area contributed by atoms with Crippen molar-refractivity contribution < 1.29 is 19.1 Å². The molecule has 1 N–H and O–H groups in total. The highest BCUT2D eigenvalue weighted by atomic mass is 32.2.